The minimum absolute atomic E-state index is 0.359. The van der Waals surface area contributed by atoms with E-state index in [1.54, 1.807) is 19.2 Å². The zero-order valence-electron chi connectivity index (χ0n) is 14.2. The third-order valence-corrected chi connectivity index (χ3v) is 4.64. The number of rotatable bonds is 7. The van der Waals surface area contributed by atoms with Crippen LogP contribution in [0.4, 0.5) is 0 Å². The average Bonchev–Trinajstić information content (AvgIpc) is 2.54. The highest BCUT2D eigenvalue weighted by Gasteiger charge is 2.20. The van der Waals surface area contributed by atoms with Crippen molar-refractivity contribution >= 4 is 7.60 Å². The minimum atomic E-state index is -4.19. The maximum absolute atomic E-state index is 11.4. The molecular weight excluding hydrogens is 327 g/mol. The second kappa shape index (κ2) is 7.84. The first-order valence-electron chi connectivity index (χ1n) is 7.72. The van der Waals surface area contributed by atoms with Crippen molar-refractivity contribution in [3.8, 4) is 11.5 Å². The van der Waals surface area contributed by atoms with Gasteiger partial charge in [-0.15, -0.1) is 0 Å². The van der Waals surface area contributed by atoms with Gasteiger partial charge in [0.25, 0.3) is 0 Å². The maximum atomic E-state index is 11.4. The Morgan fingerprint density at radius 1 is 0.917 bits per heavy atom. The maximum Gasteiger partial charge on any atom is 0.330 e. The lowest BCUT2D eigenvalue weighted by atomic mass is 10.00. The highest BCUT2D eigenvalue weighted by atomic mass is 31.2. The van der Waals surface area contributed by atoms with E-state index in [1.807, 2.05) is 0 Å². The number of benzene rings is 2. The molecule has 24 heavy (non-hydrogen) atoms. The molecule has 0 amide bonds. The van der Waals surface area contributed by atoms with Gasteiger partial charge < -0.3 is 19.3 Å². The molecule has 130 valence electrons. The predicted molar refractivity (Wildman–Crippen MR) is 93.9 cm³/mol. The van der Waals surface area contributed by atoms with Gasteiger partial charge in [0.05, 0.1) is 20.4 Å². The molecule has 0 spiro atoms. The largest absolute Gasteiger partial charge is 0.496 e. The summed E-state index contributed by atoms with van der Waals surface area (Å²) in [6.45, 7) is 2.11. The topological polar surface area (TPSA) is 76.0 Å². The van der Waals surface area contributed by atoms with Gasteiger partial charge in [0.2, 0.25) is 0 Å². The van der Waals surface area contributed by atoms with Gasteiger partial charge in [-0.05, 0) is 29.2 Å². The van der Waals surface area contributed by atoms with Crippen LogP contribution in [0.15, 0.2) is 36.4 Å². The molecule has 0 saturated heterocycles. The molecule has 0 aliphatic carbocycles. The molecule has 0 heterocycles. The molecular formula is C18H23O5P. The van der Waals surface area contributed by atoms with Gasteiger partial charge in [-0.25, -0.2) is 0 Å². The van der Waals surface area contributed by atoms with Crippen molar-refractivity contribution in [1.29, 1.82) is 0 Å². The van der Waals surface area contributed by atoms with Gasteiger partial charge in [-0.3, -0.25) is 4.57 Å². The fraction of sp³-hybridized carbons (Fsp3) is 0.333. The van der Waals surface area contributed by atoms with E-state index in [0.717, 1.165) is 17.5 Å². The Hall–Kier alpha value is -1.81. The summed E-state index contributed by atoms with van der Waals surface area (Å²) < 4.78 is 22.0. The smallest absolute Gasteiger partial charge is 0.330 e. The number of ether oxygens (including phenoxy) is 2. The first kappa shape index (κ1) is 18.5. The van der Waals surface area contributed by atoms with Crippen LogP contribution >= 0.6 is 7.60 Å². The zero-order chi connectivity index (χ0) is 17.7. The molecule has 0 saturated carbocycles. The van der Waals surface area contributed by atoms with Gasteiger partial charge in [-0.1, -0.05) is 31.2 Å². The molecule has 2 rings (SSSR count). The summed E-state index contributed by atoms with van der Waals surface area (Å²) in [5.74, 6) is 1.06. The number of aryl methyl sites for hydroxylation is 1. The van der Waals surface area contributed by atoms with Crippen LogP contribution in [-0.2, 0) is 23.6 Å². The van der Waals surface area contributed by atoms with Crippen molar-refractivity contribution in [2.45, 2.75) is 25.9 Å². The standard InChI is InChI=1S/C18H23O5P/c1-4-13-5-7-14(8-6-13)9-15-10-16(12-24(19,20)21)18(23-3)11-17(15)22-2/h5-8,10-11H,4,9,12H2,1-3H3,(H2,19,20,21). The molecule has 0 unspecified atom stereocenters. The zero-order valence-corrected chi connectivity index (χ0v) is 15.0. The van der Waals surface area contributed by atoms with Crippen LogP contribution in [0.3, 0.4) is 0 Å². The summed E-state index contributed by atoms with van der Waals surface area (Å²) in [7, 11) is -1.14. The lowest BCUT2D eigenvalue weighted by Crippen LogP contribution is -2.00. The molecule has 2 aromatic rings. The van der Waals surface area contributed by atoms with E-state index in [0.29, 0.717) is 23.5 Å². The van der Waals surface area contributed by atoms with Gasteiger partial charge in [0.1, 0.15) is 11.5 Å². The Balaban J connectivity index is 2.39. The second-order valence-corrected chi connectivity index (χ2v) is 7.29. The van der Waals surface area contributed by atoms with Crippen molar-refractivity contribution in [3.63, 3.8) is 0 Å². The Bertz CT molecular complexity index is 734. The number of methoxy groups -OCH3 is 2. The van der Waals surface area contributed by atoms with E-state index in [9.17, 15) is 14.4 Å². The Kier molecular flexibility index (Phi) is 6.05. The summed E-state index contributed by atoms with van der Waals surface area (Å²) in [6, 6.07) is 11.7. The summed E-state index contributed by atoms with van der Waals surface area (Å²) in [4.78, 5) is 18.6. The van der Waals surface area contributed by atoms with E-state index in [4.69, 9.17) is 9.47 Å². The molecule has 0 fully saturated rings. The predicted octanol–water partition coefficient (Wildman–Crippen LogP) is 3.53. The molecule has 2 N–H and O–H groups in total. The molecule has 0 aliphatic rings. The van der Waals surface area contributed by atoms with Gasteiger partial charge in [0.15, 0.2) is 0 Å². The number of hydrogen-bond donors (Lipinski definition) is 2. The molecule has 0 radical (unpaired) electrons. The Morgan fingerprint density at radius 2 is 1.46 bits per heavy atom. The van der Waals surface area contributed by atoms with Crippen LogP contribution < -0.4 is 9.47 Å². The lowest BCUT2D eigenvalue weighted by Gasteiger charge is -2.15. The van der Waals surface area contributed by atoms with E-state index in [2.05, 4.69) is 31.2 Å². The fourth-order valence-electron chi connectivity index (χ4n) is 2.63. The van der Waals surface area contributed by atoms with Crippen molar-refractivity contribution in [1.82, 2.24) is 0 Å². The molecule has 0 atom stereocenters. The third-order valence-electron chi connectivity index (χ3n) is 3.89. The van der Waals surface area contributed by atoms with Gasteiger partial charge >= 0.3 is 7.60 Å². The quantitative estimate of drug-likeness (QED) is 0.747. The summed E-state index contributed by atoms with van der Waals surface area (Å²) in [6.07, 6.45) is 1.24. The lowest BCUT2D eigenvalue weighted by molar-refractivity contribution is 0.366. The van der Waals surface area contributed by atoms with E-state index >= 15 is 0 Å². The van der Waals surface area contributed by atoms with Crippen LogP contribution in [0.2, 0.25) is 0 Å². The minimum Gasteiger partial charge on any atom is -0.496 e. The first-order chi connectivity index (χ1) is 11.4. The van der Waals surface area contributed by atoms with Gasteiger partial charge in [-0.2, -0.15) is 0 Å². The Labute approximate surface area is 142 Å². The highest BCUT2D eigenvalue weighted by molar-refractivity contribution is 7.50. The van der Waals surface area contributed by atoms with Gasteiger partial charge in [0, 0.05) is 18.1 Å². The summed E-state index contributed by atoms with van der Waals surface area (Å²) >= 11 is 0. The molecule has 2 aromatic carbocycles. The molecule has 5 nitrogen and oxygen atoms in total. The fourth-order valence-corrected chi connectivity index (χ4v) is 3.32. The number of hydrogen-bond acceptors (Lipinski definition) is 3. The van der Waals surface area contributed by atoms with Crippen LogP contribution in [-0.4, -0.2) is 24.0 Å². The van der Waals surface area contributed by atoms with E-state index < -0.39 is 7.60 Å². The second-order valence-electron chi connectivity index (χ2n) is 5.65. The van der Waals surface area contributed by atoms with Crippen molar-refractivity contribution < 1.29 is 23.8 Å². The molecule has 6 heteroatoms. The SMILES string of the molecule is CCc1ccc(Cc2cc(CP(=O)(O)O)c(OC)cc2OC)cc1. The highest BCUT2D eigenvalue weighted by Crippen LogP contribution is 2.43. The van der Waals surface area contributed by atoms with E-state index in [1.165, 1.54) is 12.7 Å². The molecule has 0 bridgehead atoms. The van der Waals surface area contributed by atoms with Crippen LogP contribution in [0.1, 0.15) is 29.2 Å². The summed E-state index contributed by atoms with van der Waals surface area (Å²) in [5.41, 5.74) is 3.72. The first-order valence-corrected chi connectivity index (χ1v) is 9.52. The molecule has 0 aromatic heterocycles. The van der Waals surface area contributed by atoms with Crippen LogP contribution in [0.5, 0.6) is 11.5 Å². The average molecular weight is 350 g/mol. The van der Waals surface area contributed by atoms with Crippen LogP contribution in [0, 0.1) is 0 Å². The van der Waals surface area contributed by atoms with Crippen molar-refractivity contribution in [3.05, 3.63) is 58.7 Å². The van der Waals surface area contributed by atoms with Crippen LogP contribution in [0.25, 0.3) is 0 Å². The third kappa shape index (κ3) is 4.84. The molecule has 0 aliphatic heterocycles. The van der Waals surface area contributed by atoms with E-state index in [-0.39, 0.29) is 6.16 Å². The van der Waals surface area contributed by atoms with Crippen molar-refractivity contribution in [2.24, 2.45) is 0 Å². The summed E-state index contributed by atoms with van der Waals surface area (Å²) in [5, 5.41) is 0. The Morgan fingerprint density at radius 3 is 1.96 bits per heavy atom. The normalized spacial score (nSPS) is 11.4. The van der Waals surface area contributed by atoms with Crippen molar-refractivity contribution in [2.75, 3.05) is 14.2 Å². The monoisotopic (exact) mass is 350 g/mol.